The fourth-order valence-electron chi connectivity index (χ4n) is 3.58. The molecule has 1 atom stereocenters. The second-order valence-corrected chi connectivity index (χ2v) is 9.80. The molecule has 1 aliphatic rings. The first-order valence-corrected chi connectivity index (χ1v) is 12.5. The molecule has 0 spiro atoms. The monoisotopic (exact) mass is 495 g/mol. The predicted molar refractivity (Wildman–Crippen MR) is 131 cm³/mol. The number of hydrogen-bond donors (Lipinski definition) is 1. The third-order valence-electron chi connectivity index (χ3n) is 5.45. The van der Waals surface area contributed by atoms with Crippen LogP contribution in [0.1, 0.15) is 12.5 Å². The second kappa shape index (κ2) is 10.8. The molecule has 9 nitrogen and oxygen atoms in total. The van der Waals surface area contributed by atoms with Gasteiger partial charge in [-0.2, -0.15) is 4.31 Å². The summed E-state index contributed by atoms with van der Waals surface area (Å²) in [5.41, 5.74) is 1.89. The largest absolute Gasteiger partial charge is 0.449 e. The van der Waals surface area contributed by atoms with Gasteiger partial charge in [-0.25, -0.2) is 13.2 Å². The molecular formula is C25H25N3O6S. The van der Waals surface area contributed by atoms with E-state index in [4.69, 9.17) is 9.47 Å². The molecule has 182 valence electrons. The Hall–Kier alpha value is -3.60. The van der Waals surface area contributed by atoms with Crippen LogP contribution in [0.4, 0.5) is 5.69 Å². The first kappa shape index (κ1) is 24.5. The molecule has 2 heterocycles. The van der Waals surface area contributed by atoms with Crippen LogP contribution in [0.5, 0.6) is 0 Å². The lowest BCUT2D eigenvalue weighted by molar-refractivity contribution is -0.148. The van der Waals surface area contributed by atoms with Gasteiger partial charge in [0.25, 0.3) is 5.91 Å². The summed E-state index contributed by atoms with van der Waals surface area (Å²) in [7, 11) is -3.62. The number of amides is 1. The summed E-state index contributed by atoms with van der Waals surface area (Å²) < 4.78 is 37.2. The van der Waals surface area contributed by atoms with Crippen LogP contribution in [0.25, 0.3) is 17.0 Å². The van der Waals surface area contributed by atoms with E-state index in [-0.39, 0.29) is 4.90 Å². The maximum absolute atomic E-state index is 12.7. The summed E-state index contributed by atoms with van der Waals surface area (Å²) in [5, 5.41) is 3.57. The van der Waals surface area contributed by atoms with Crippen LogP contribution in [-0.2, 0) is 29.1 Å². The van der Waals surface area contributed by atoms with Crippen LogP contribution < -0.4 is 5.32 Å². The quantitative estimate of drug-likeness (QED) is 0.396. The van der Waals surface area contributed by atoms with Crippen molar-refractivity contribution < 1.29 is 27.5 Å². The number of esters is 1. The Morgan fingerprint density at radius 1 is 1.09 bits per heavy atom. The van der Waals surface area contributed by atoms with Gasteiger partial charge in [-0.3, -0.25) is 9.78 Å². The summed E-state index contributed by atoms with van der Waals surface area (Å²) in [6.45, 7) is 2.78. The maximum atomic E-state index is 12.7. The van der Waals surface area contributed by atoms with Crippen molar-refractivity contribution in [3.05, 3.63) is 72.4 Å². The number of sulfonamides is 1. The number of fused-ring (bicyclic) bond motifs is 1. The number of nitrogens with zero attached hydrogens (tertiary/aromatic N) is 2. The Balaban J connectivity index is 1.34. The normalized spacial score (nSPS) is 15.7. The number of nitrogens with one attached hydrogen (secondary N) is 1. The average Bonchev–Trinajstić information content (AvgIpc) is 2.88. The van der Waals surface area contributed by atoms with E-state index in [1.165, 1.54) is 41.6 Å². The summed E-state index contributed by atoms with van der Waals surface area (Å²) in [4.78, 5) is 29.2. The number of hydrogen-bond acceptors (Lipinski definition) is 7. The van der Waals surface area contributed by atoms with E-state index in [1.807, 2.05) is 30.3 Å². The van der Waals surface area contributed by atoms with Crippen LogP contribution in [0.2, 0.25) is 0 Å². The standard InChI is InChI=1S/C25H25N3O6S/c1-18(34-23(29)12-7-20-5-2-4-19-6-3-13-26-24(19)20)25(30)27-21-8-10-22(11-9-21)35(31,32)28-14-16-33-17-15-28/h2-13,18H,14-17H2,1H3,(H,27,30)/b12-7+. The van der Waals surface area contributed by atoms with Crippen LogP contribution in [0.15, 0.2) is 71.8 Å². The number of morpholine rings is 1. The molecule has 3 aromatic rings. The number of anilines is 1. The Kier molecular flexibility index (Phi) is 7.54. The van der Waals surface area contributed by atoms with E-state index >= 15 is 0 Å². The molecule has 0 radical (unpaired) electrons. The number of carbonyl (C=O) groups is 2. The Labute approximate surface area is 203 Å². The lowest BCUT2D eigenvalue weighted by atomic mass is 10.1. The molecule has 0 bridgehead atoms. The topological polar surface area (TPSA) is 115 Å². The van der Waals surface area contributed by atoms with Gasteiger partial charge in [0.05, 0.1) is 23.6 Å². The summed E-state index contributed by atoms with van der Waals surface area (Å²) in [6.07, 6.45) is 3.46. The van der Waals surface area contributed by atoms with E-state index in [2.05, 4.69) is 10.3 Å². The molecule has 2 aromatic carbocycles. The number of rotatable bonds is 7. The van der Waals surface area contributed by atoms with Gasteiger partial charge in [0.15, 0.2) is 6.10 Å². The third kappa shape index (κ3) is 5.91. The minimum atomic E-state index is -3.62. The van der Waals surface area contributed by atoms with Gasteiger partial charge in [-0.15, -0.1) is 0 Å². The molecule has 1 N–H and O–H groups in total. The van der Waals surface area contributed by atoms with Gasteiger partial charge in [-0.1, -0.05) is 24.3 Å². The minimum Gasteiger partial charge on any atom is -0.449 e. The number of carbonyl (C=O) groups excluding carboxylic acids is 2. The molecule has 1 unspecified atom stereocenters. The fourth-order valence-corrected chi connectivity index (χ4v) is 4.99. The van der Waals surface area contributed by atoms with Gasteiger partial charge >= 0.3 is 5.97 Å². The zero-order valence-electron chi connectivity index (χ0n) is 19.1. The van der Waals surface area contributed by atoms with Crippen molar-refractivity contribution in [3.8, 4) is 0 Å². The molecule has 4 rings (SSSR count). The van der Waals surface area contributed by atoms with Crippen molar-refractivity contribution in [1.29, 1.82) is 0 Å². The van der Waals surface area contributed by atoms with Crippen molar-refractivity contribution in [3.63, 3.8) is 0 Å². The molecule has 0 aliphatic carbocycles. The second-order valence-electron chi connectivity index (χ2n) is 7.86. The highest BCUT2D eigenvalue weighted by molar-refractivity contribution is 7.89. The van der Waals surface area contributed by atoms with Crippen LogP contribution >= 0.6 is 0 Å². The van der Waals surface area contributed by atoms with Crippen molar-refractivity contribution in [2.24, 2.45) is 0 Å². The molecule has 10 heteroatoms. The van der Waals surface area contributed by atoms with Crippen LogP contribution in [-0.4, -0.2) is 62.0 Å². The van der Waals surface area contributed by atoms with Gasteiger partial charge < -0.3 is 14.8 Å². The van der Waals surface area contributed by atoms with Crippen molar-refractivity contribution in [1.82, 2.24) is 9.29 Å². The van der Waals surface area contributed by atoms with Crippen LogP contribution in [0, 0.1) is 0 Å². The fraction of sp³-hybridized carbons (Fsp3) is 0.240. The van der Waals surface area contributed by atoms with E-state index in [0.29, 0.717) is 32.0 Å². The van der Waals surface area contributed by atoms with Gasteiger partial charge in [-0.05, 0) is 43.3 Å². The van der Waals surface area contributed by atoms with E-state index in [1.54, 1.807) is 12.3 Å². The third-order valence-corrected chi connectivity index (χ3v) is 7.37. The molecule has 0 saturated carbocycles. The number of pyridine rings is 1. The highest BCUT2D eigenvalue weighted by Crippen LogP contribution is 2.20. The highest BCUT2D eigenvalue weighted by atomic mass is 32.2. The Bertz CT molecular complexity index is 1340. The molecule has 35 heavy (non-hydrogen) atoms. The maximum Gasteiger partial charge on any atom is 0.331 e. The Morgan fingerprint density at radius 3 is 2.54 bits per heavy atom. The number of ether oxygens (including phenoxy) is 2. The molecule has 1 fully saturated rings. The molecular weight excluding hydrogens is 470 g/mol. The lowest BCUT2D eigenvalue weighted by Crippen LogP contribution is -2.40. The van der Waals surface area contributed by atoms with Crippen molar-refractivity contribution in [2.45, 2.75) is 17.9 Å². The number of benzene rings is 2. The molecule has 1 aromatic heterocycles. The zero-order valence-corrected chi connectivity index (χ0v) is 19.9. The van der Waals surface area contributed by atoms with Crippen molar-refractivity contribution >= 4 is 44.6 Å². The van der Waals surface area contributed by atoms with Gasteiger partial charge in [0.1, 0.15) is 0 Å². The van der Waals surface area contributed by atoms with E-state index in [9.17, 15) is 18.0 Å². The summed E-state index contributed by atoms with van der Waals surface area (Å²) in [6, 6.07) is 15.2. The first-order chi connectivity index (χ1) is 16.8. The zero-order chi connectivity index (χ0) is 24.8. The summed E-state index contributed by atoms with van der Waals surface area (Å²) in [5.74, 6) is -1.21. The van der Waals surface area contributed by atoms with Gasteiger partial charge in [0, 0.05) is 42.0 Å². The molecule has 1 amide bonds. The first-order valence-electron chi connectivity index (χ1n) is 11.1. The van der Waals surface area contributed by atoms with E-state index < -0.39 is 28.0 Å². The predicted octanol–water partition coefficient (Wildman–Crippen LogP) is 2.84. The number of para-hydroxylation sites is 1. The van der Waals surface area contributed by atoms with Crippen molar-refractivity contribution in [2.75, 3.05) is 31.6 Å². The average molecular weight is 496 g/mol. The molecule has 1 saturated heterocycles. The lowest BCUT2D eigenvalue weighted by Gasteiger charge is -2.26. The minimum absolute atomic E-state index is 0.130. The van der Waals surface area contributed by atoms with Gasteiger partial charge in [0.2, 0.25) is 10.0 Å². The summed E-state index contributed by atoms with van der Waals surface area (Å²) >= 11 is 0. The highest BCUT2D eigenvalue weighted by Gasteiger charge is 2.26. The Morgan fingerprint density at radius 2 is 1.80 bits per heavy atom. The van der Waals surface area contributed by atoms with Crippen LogP contribution in [0.3, 0.4) is 0 Å². The number of aromatic nitrogens is 1. The molecule has 1 aliphatic heterocycles. The SMILES string of the molecule is CC(OC(=O)/C=C/c1cccc2cccnc12)C(=O)Nc1ccc(S(=O)(=O)N2CCOCC2)cc1. The smallest absolute Gasteiger partial charge is 0.331 e. The van der Waals surface area contributed by atoms with E-state index in [0.717, 1.165) is 16.5 Å².